The van der Waals surface area contributed by atoms with E-state index in [0.29, 0.717) is 12.3 Å². The third-order valence-corrected chi connectivity index (χ3v) is 4.28. The van der Waals surface area contributed by atoms with E-state index in [9.17, 15) is 29.4 Å². The number of aliphatic hydroxyl groups is 2. The van der Waals surface area contributed by atoms with Crippen LogP contribution in [0, 0.1) is 5.92 Å². The summed E-state index contributed by atoms with van der Waals surface area (Å²) in [6.45, 7) is 3.90. The van der Waals surface area contributed by atoms with Crippen molar-refractivity contribution in [1.29, 1.82) is 0 Å². The lowest BCUT2D eigenvalue weighted by Gasteiger charge is -2.14. The Morgan fingerprint density at radius 1 is 1.00 bits per heavy atom. The first-order valence-corrected chi connectivity index (χ1v) is 9.50. The molecule has 0 heterocycles. The van der Waals surface area contributed by atoms with Gasteiger partial charge in [-0.2, -0.15) is 11.8 Å². The van der Waals surface area contributed by atoms with E-state index in [1.54, 1.807) is 13.8 Å². The zero-order valence-corrected chi connectivity index (χ0v) is 15.9. The van der Waals surface area contributed by atoms with Crippen LogP contribution in [0.1, 0.15) is 33.1 Å². The molecule has 0 saturated carbocycles. The molecule has 0 bridgehead atoms. The minimum Gasteiger partial charge on any atom is -0.481 e. The number of rotatable bonds is 14. The summed E-state index contributed by atoms with van der Waals surface area (Å²) >= 11 is 1.27. The van der Waals surface area contributed by atoms with Crippen molar-refractivity contribution in [2.75, 3.05) is 24.6 Å². The monoisotopic (exact) mass is 392 g/mol. The quantitative estimate of drug-likeness (QED) is 0.240. The molecule has 0 aliphatic rings. The lowest BCUT2D eigenvalue weighted by Crippen LogP contribution is -2.39. The fourth-order valence-electron chi connectivity index (χ4n) is 1.84. The van der Waals surface area contributed by atoms with E-state index in [0.717, 1.165) is 0 Å². The van der Waals surface area contributed by atoms with Gasteiger partial charge in [0.15, 0.2) is 0 Å². The first kappa shape index (κ1) is 24.4. The number of ketones is 1. The number of aliphatic carboxylic acids is 1. The molecule has 9 nitrogen and oxygen atoms in total. The van der Waals surface area contributed by atoms with Crippen molar-refractivity contribution in [2.24, 2.45) is 5.92 Å². The van der Waals surface area contributed by atoms with Crippen LogP contribution in [0.15, 0.2) is 0 Å². The standard InChI is InChI=1S/C16H28N2O7S/c1-10(2)15(24)16(25)18-4-3-13(21)17-5-6-26-9-12(20)7-11(19)8-14(22)23/h10-11,15,19,24H,3-9H2,1-2H3,(H,17,21)(H,18,25)(H,22,23)/t11?,15-/m1/s1. The number of carboxylic acids is 1. The third kappa shape index (κ3) is 12.7. The van der Waals surface area contributed by atoms with Gasteiger partial charge >= 0.3 is 5.97 Å². The average molecular weight is 392 g/mol. The number of carbonyl (C=O) groups is 4. The number of carbonyl (C=O) groups excluding carboxylic acids is 3. The maximum Gasteiger partial charge on any atom is 0.305 e. The summed E-state index contributed by atoms with van der Waals surface area (Å²) in [5.74, 6) is -1.74. The summed E-state index contributed by atoms with van der Waals surface area (Å²) < 4.78 is 0. The Labute approximate surface area is 156 Å². The van der Waals surface area contributed by atoms with Gasteiger partial charge in [-0.25, -0.2) is 0 Å². The van der Waals surface area contributed by atoms with Crippen LogP contribution in [-0.2, 0) is 19.2 Å². The number of amides is 2. The van der Waals surface area contributed by atoms with Gasteiger partial charge in [0.05, 0.1) is 18.3 Å². The van der Waals surface area contributed by atoms with Crippen molar-refractivity contribution in [3.63, 3.8) is 0 Å². The highest BCUT2D eigenvalue weighted by Crippen LogP contribution is 2.05. The number of nitrogens with one attached hydrogen (secondary N) is 2. The summed E-state index contributed by atoms with van der Waals surface area (Å²) in [5.41, 5.74) is 0. The number of Topliss-reactive ketones (excluding diaryl/α,β-unsaturated/α-hetero) is 1. The van der Waals surface area contributed by atoms with Gasteiger partial charge in [-0.05, 0) is 5.92 Å². The third-order valence-electron chi connectivity index (χ3n) is 3.26. The van der Waals surface area contributed by atoms with Gasteiger partial charge in [-0.1, -0.05) is 13.8 Å². The molecule has 10 heteroatoms. The Morgan fingerprint density at radius 3 is 2.23 bits per heavy atom. The highest BCUT2D eigenvalue weighted by molar-refractivity contribution is 7.99. The second-order valence-corrected chi connectivity index (χ2v) is 7.23. The number of thioether (sulfide) groups is 1. The molecule has 0 saturated heterocycles. The van der Waals surface area contributed by atoms with Crippen LogP contribution in [0.2, 0.25) is 0 Å². The smallest absolute Gasteiger partial charge is 0.305 e. The van der Waals surface area contributed by atoms with E-state index in [1.165, 1.54) is 11.8 Å². The maximum absolute atomic E-state index is 11.6. The van der Waals surface area contributed by atoms with Crippen LogP contribution in [0.5, 0.6) is 0 Å². The highest BCUT2D eigenvalue weighted by Gasteiger charge is 2.18. The molecule has 1 unspecified atom stereocenters. The van der Waals surface area contributed by atoms with Crippen LogP contribution < -0.4 is 10.6 Å². The molecule has 0 aliphatic heterocycles. The predicted octanol–water partition coefficient (Wildman–Crippen LogP) is -0.846. The molecular weight excluding hydrogens is 364 g/mol. The zero-order chi connectivity index (χ0) is 20.1. The second-order valence-electron chi connectivity index (χ2n) is 6.13. The van der Waals surface area contributed by atoms with Crippen LogP contribution in [0.25, 0.3) is 0 Å². The molecular formula is C16H28N2O7S. The van der Waals surface area contributed by atoms with Gasteiger partial charge in [0.2, 0.25) is 11.8 Å². The molecule has 0 aromatic heterocycles. The minimum absolute atomic E-state index is 0.0849. The fraction of sp³-hybridized carbons (Fsp3) is 0.750. The topological polar surface area (TPSA) is 153 Å². The van der Waals surface area contributed by atoms with E-state index in [2.05, 4.69) is 10.6 Å². The SMILES string of the molecule is CC(C)[C@@H](O)C(=O)NCCC(=O)NCCSCC(=O)CC(O)CC(=O)O. The molecule has 26 heavy (non-hydrogen) atoms. The lowest BCUT2D eigenvalue weighted by atomic mass is 10.1. The molecule has 150 valence electrons. The first-order valence-electron chi connectivity index (χ1n) is 8.35. The van der Waals surface area contributed by atoms with Crippen molar-refractivity contribution >= 4 is 35.3 Å². The molecule has 0 fully saturated rings. The molecule has 0 rings (SSSR count). The molecule has 5 N–H and O–H groups in total. The first-order chi connectivity index (χ1) is 12.1. The number of hydrogen-bond acceptors (Lipinski definition) is 7. The molecule has 0 radical (unpaired) electrons. The molecule has 2 atom stereocenters. The summed E-state index contributed by atoms with van der Waals surface area (Å²) in [6, 6.07) is 0. The van der Waals surface area contributed by atoms with Crippen molar-refractivity contribution in [3.05, 3.63) is 0 Å². The van der Waals surface area contributed by atoms with Crippen LogP contribution >= 0.6 is 11.8 Å². The average Bonchev–Trinajstić information content (AvgIpc) is 2.52. The Bertz CT molecular complexity index is 485. The van der Waals surface area contributed by atoms with Gasteiger partial charge in [0.25, 0.3) is 0 Å². The van der Waals surface area contributed by atoms with Crippen molar-refractivity contribution in [2.45, 2.75) is 45.3 Å². The fourth-order valence-corrected chi connectivity index (χ4v) is 2.58. The Hall–Kier alpha value is -1.65. The van der Waals surface area contributed by atoms with Crippen LogP contribution in [0.4, 0.5) is 0 Å². The lowest BCUT2D eigenvalue weighted by molar-refractivity contribution is -0.139. The molecule has 0 aromatic carbocycles. The number of hydrogen-bond donors (Lipinski definition) is 5. The van der Waals surface area contributed by atoms with Gasteiger partial charge in [-0.15, -0.1) is 0 Å². The predicted molar refractivity (Wildman–Crippen MR) is 96.7 cm³/mol. The molecule has 0 aromatic rings. The Morgan fingerprint density at radius 2 is 1.65 bits per heavy atom. The van der Waals surface area contributed by atoms with Gasteiger partial charge in [-0.3, -0.25) is 19.2 Å². The minimum atomic E-state index is -1.18. The molecule has 0 spiro atoms. The Kier molecular flexibility index (Phi) is 12.7. The summed E-state index contributed by atoms with van der Waals surface area (Å²) in [7, 11) is 0. The second kappa shape index (κ2) is 13.5. The Balaban J connectivity index is 3.69. The normalized spacial score (nSPS) is 13.1. The van der Waals surface area contributed by atoms with Crippen LogP contribution in [0.3, 0.4) is 0 Å². The maximum atomic E-state index is 11.6. The zero-order valence-electron chi connectivity index (χ0n) is 15.1. The van der Waals surface area contributed by atoms with E-state index in [1.807, 2.05) is 0 Å². The number of carboxylic acid groups (broad SMARTS) is 1. The van der Waals surface area contributed by atoms with E-state index in [4.69, 9.17) is 5.11 Å². The summed E-state index contributed by atoms with van der Waals surface area (Å²) in [5, 5.41) is 32.5. The van der Waals surface area contributed by atoms with E-state index < -0.39 is 30.5 Å². The van der Waals surface area contributed by atoms with Gasteiger partial charge in [0.1, 0.15) is 11.9 Å². The highest BCUT2D eigenvalue weighted by atomic mass is 32.2. The number of aliphatic hydroxyl groups excluding tert-OH is 2. The van der Waals surface area contributed by atoms with Gasteiger partial charge < -0.3 is 26.0 Å². The largest absolute Gasteiger partial charge is 0.481 e. The van der Waals surface area contributed by atoms with Crippen LogP contribution in [-0.4, -0.2) is 75.7 Å². The van der Waals surface area contributed by atoms with E-state index >= 15 is 0 Å². The van der Waals surface area contributed by atoms with Crippen molar-refractivity contribution in [3.8, 4) is 0 Å². The van der Waals surface area contributed by atoms with Crippen molar-refractivity contribution < 1.29 is 34.5 Å². The van der Waals surface area contributed by atoms with Gasteiger partial charge in [0, 0.05) is 31.7 Å². The molecule has 0 aliphatic carbocycles. The van der Waals surface area contributed by atoms with E-state index in [-0.39, 0.29) is 42.7 Å². The summed E-state index contributed by atoms with van der Waals surface area (Å²) in [6.07, 6.45) is -2.85. The van der Waals surface area contributed by atoms with Crippen molar-refractivity contribution in [1.82, 2.24) is 10.6 Å². The summed E-state index contributed by atoms with van der Waals surface area (Å²) in [4.78, 5) is 45.0. The molecule has 2 amide bonds.